The Hall–Kier alpha value is -2.28. The van der Waals surface area contributed by atoms with Crippen LogP contribution in [0.3, 0.4) is 0 Å². The van der Waals surface area contributed by atoms with Crippen LogP contribution in [0.5, 0.6) is 11.5 Å². The van der Waals surface area contributed by atoms with Crippen molar-refractivity contribution in [3.05, 3.63) is 46.6 Å². The van der Waals surface area contributed by atoms with Crippen molar-refractivity contribution in [1.29, 1.82) is 0 Å². The Bertz CT molecular complexity index is 818. The summed E-state index contributed by atoms with van der Waals surface area (Å²) in [5.74, 6) is 2.15. The van der Waals surface area contributed by atoms with Crippen LogP contribution >= 0.6 is 15.9 Å². The van der Waals surface area contributed by atoms with Gasteiger partial charge in [-0.2, -0.15) is 4.98 Å². The van der Waals surface area contributed by atoms with Crippen LogP contribution in [0.1, 0.15) is 5.56 Å². The number of benzene rings is 1. The van der Waals surface area contributed by atoms with Gasteiger partial charge in [-0.05, 0) is 45.8 Å². The molecule has 6 nitrogen and oxygen atoms in total. The lowest BCUT2D eigenvalue weighted by atomic mass is 10.2. The zero-order valence-corrected chi connectivity index (χ0v) is 12.5. The first-order chi connectivity index (χ1) is 10.3. The standard InChI is InChI=1S/C14H11BrN4O2/c15-10-2-4-13-17-14(18-19(13)7-10)16-6-9-1-3-11-12(5-9)21-8-20-11/h1-5,7H,6,8H2,(H,16,18). The van der Waals surface area contributed by atoms with Crippen LogP contribution in [-0.2, 0) is 6.54 Å². The molecule has 1 N–H and O–H groups in total. The zero-order chi connectivity index (χ0) is 14.2. The van der Waals surface area contributed by atoms with Gasteiger partial charge in [-0.3, -0.25) is 0 Å². The fraction of sp³-hybridized carbons (Fsp3) is 0.143. The second-order valence-electron chi connectivity index (χ2n) is 4.63. The van der Waals surface area contributed by atoms with E-state index in [1.807, 2.05) is 36.5 Å². The van der Waals surface area contributed by atoms with E-state index in [2.05, 4.69) is 31.3 Å². The van der Waals surface area contributed by atoms with Crippen LogP contribution < -0.4 is 14.8 Å². The molecule has 4 rings (SSSR count). The zero-order valence-electron chi connectivity index (χ0n) is 10.9. The number of aromatic nitrogens is 3. The topological polar surface area (TPSA) is 60.7 Å². The molecular weight excluding hydrogens is 336 g/mol. The van der Waals surface area contributed by atoms with Crippen molar-refractivity contribution < 1.29 is 9.47 Å². The fourth-order valence-electron chi connectivity index (χ4n) is 2.16. The third kappa shape index (κ3) is 2.40. The van der Waals surface area contributed by atoms with E-state index in [0.717, 1.165) is 27.2 Å². The van der Waals surface area contributed by atoms with E-state index in [0.29, 0.717) is 12.5 Å². The summed E-state index contributed by atoms with van der Waals surface area (Å²) in [4.78, 5) is 4.41. The quantitative estimate of drug-likeness (QED) is 0.790. The Kier molecular flexibility index (Phi) is 2.92. The molecule has 21 heavy (non-hydrogen) atoms. The maximum Gasteiger partial charge on any atom is 0.243 e. The number of halogens is 1. The number of ether oxygens (including phenoxy) is 2. The third-order valence-electron chi connectivity index (χ3n) is 3.18. The summed E-state index contributed by atoms with van der Waals surface area (Å²) in [5.41, 5.74) is 1.88. The summed E-state index contributed by atoms with van der Waals surface area (Å²) in [5, 5.41) is 7.58. The molecule has 7 heteroatoms. The number of pyridine rings is 1. The molecule has 0 unspecified atom stereocenters. The van der Waals surface area contributed by atoms with Gasteiger partial charge in [-0.25, -0.2) is 4.52 Å². The lowest BCUT2D eigenvalue weighted by Crippen LogP contribution is -2.01. The molecule has 2 aromatic heterocycles. The van der Waals surface area contributed by atoms with Gasteiger partial charge in [-0.1, -0.05) is 6.07 Å². The van der Waals surface area contributed by atoms with E-state index in [1.54, 1.807) is 4.52 Å². The largest absolute Gasteiger partial charge is 0.454 e. The number of rotatable bonds is 3. The molecule has 3 aromatic rings. The number of nitrogens with zero attached hydrogens (tertiary/aromatic N) is 3. The number of nitrogens with one attached hydrogen (secondary N) is 1. The highest BCUT2D eigenvalue weighted by atomic mass is 79.9. The van der Waals surface area contributed by atoms with Gasteiger partial charge in [0.1, 0.15) is 0 Å². The smallest absolute Gasteiger partial charge is 0.243 e. The summed E-state index contributed by atoms with van der Waals surface area (Å²) in [6.45, 7) is 0.907. The van der Waals surface area contributed by atoms with Crippen molar-refractivity contribution >= 4 is 27.5 Å². The van der Waals surface area contributed by atoms with Crippen molar-refractivity contribution in [2.75, 3.05) is 12.1 Å². The molecule has 0 atom stereocenters. The summed E-state index contributed by atoms with van der Waals surface area (Å²) < 4.78 is 13.3. The van der Waals surface area contributed by atoms with E-state index >= 15 is 0 Å². The summed E-state index contributed by atoms with van der Waals surface area (Å²) in [7, 11) is 0. The van der Waals surface area contributed by atoms with Crippen molar-refractivity contribution in [1.82, 2.24) is 14.6 Å². The minimum Gasteiger partial charge on any atom is -0.454 e. The molecule has 1 aromatic carbocycles. The van der Waals surface area contributed by atoms with Gasteiger partial charge in [0.05, 0.1) is 0 Å². The molecule has 0 spiro atoms. The van der Waals surface area contributed by atoms with E-state index in [1.165, 1.54) is 0 Å². The van der Waals surface area contributed by atoms with Crippen LogP contribution in [0, 0.1) is 0 Å². The highest BCUT2D eigenvalue weighted by molar-refractivity contribution is 9.10. The van der Waals surface area contributed by atoms with E-state index in [-0.39, 0.29) is 6.79 Å². The molecule has 0 fully saturated rings. The van der Waals surface area contributed by atoms with Gasteiger partial charge in [0.25, 0.3) is 0 Å². The van der Waals surface area contributed by atoms with Crippen LogP contribution in [0.4, 0.5) is 5.95 Å². The highest BCUT2D eigenvalue weighted by Crippen LogP contribution is 2.32. The summed E-state index contributed by atoms with van der Waals surface area (Å²) in [6, 6.07) is 9.71. The van der Waals surface area contributed by atoms with Crippen LogP contribution in [0.25, 0.3) is 5.65 Å². The predicted octanol–water partition coefficient (Wildman–Crippen LogP) is 2.83. The van der Waals surface area contributed by atoms with Crippen molar-refractivity contribution in [2.45, 2.75) is 6.54 Å². The van der Waals surface area contributed by atoms with E-state index < -0.39 is 0 Å². The SMILES string of the molecule is Brc1ccc2nc(NCc3ccc4c(c3)OCO4)nn2c1. The number of hydrogen-bond acceptors (Lipinski definition) is 5. The minimum absolute atomic E-state index is 0.287. The molecule has 0 amide bonds. The molecule has 0 saturated heterocycles. The summed E-state index contributed by atoms with van der Waals surface area (Å²) >= 11 is 3.41. The fourth-order valence-corrected chi connectivity index (χ4v) is 2.49. The van der Waals surface area contributed by atoms with Crippen molar-refractivity contribution in [2.24, 2.45) is 0 Å². The number of fused-ring (bicyclic) bond motifs is 2. The molecule has 0 saturated carbocycles. The lowest BCUT2D eigenvalue weighted by molar-refractivity contribution is 0.174. The first-order valence-electron chi connectivity index (χ1n) is 6.42. The third-order valence-corrected chi connectivity index (χ3v) is 3.65. The lowest BCUT2D eigenvalue weighted by Gasteiger charge is -2.03. The van der Waals surface area contributed by atoms with Gasteiger partial charge in [0, 0.05) is 17.2 Å². The highest BCUT2D eigenvalue weighted by Gasteiger charge is 2.13. The molecule has 0 bridgehead atoms. The molecule has 3 heterocycles. The van der Waals surface area contributed by atoms with Gasteiger partial charge >= 0.3 is 0 Å². The Morgan fingerprint density at radius 2 is 2.10 bits per heavy atom. The monoisotopic (exact) mass is 346 g/mol. The molecule has 1 aliphatic heterocycles. The van der Waals surface area contributed by atoms with Crippen LogP contribution in [0.15, 0.2) is 41.0 Å². The van der Waals surface area contributed by atoms with E-state index in [9.17, 15) is 0 Å². The Labute approximate surface area is 128 Å². The minimum atomic E-state index is 0.287. The van der Waals surface area contributed by atoms with Gasteiger partial charge in [-0.15, -0.1) is 5.10 Å². The first kappa shape index (κ1) is 12.5. The second-order valence-corrected chi connectivity index (χ2v) is 5.54. The average Bonchev–Trinajstić information content (AvgIpc) is 3.09. The molecule has 0 radical (unpaired) electrons. The molecule has 0 aliphatic carbocycles. The van der Waals surface area contributed by atoms with Crippen molar-refractivity contribution in [3.63, 3.8) is 0 Å². The average molecular weight is 347 g/mol. The van der Waals surface area contributed by atoms with Gasteiger partial charge < -0.3 is 14.8 Å². The molecule has 106 valence electrons. The number of hydrogen-bond donors (Lipinski definition) is 1. The maximum absolute atomic E-state index is 5.36. The Morgan fingerprint density at radius 1 is 1.19 bits per heavy atom. The van der Waals surface area contributed by atoms with Gasteiger partial charge in [0.15, 0.2) is 17.1 Å². The Balaban J connectivity index is 1.52. The molecule has 1 aliphatic rings. The Morgan fingerprint density at radius 3 is 3.05 bits per heavy atom. The van der Waals surface area contributed by atoms with Gasteiger partial charge in [0.2, 0.25) is 12.7 Å². The van der Waals surface area contributed by atoms with Crippen LogP contribution in [-0.4, -0.2) is 21.4 Å². The van der Waals surface area contributed by atoms with Crippen LogP contribution in [0.2, 0.25) is 0 Å². The maximum atomic E-state index is 5.36. The number of anilines is 1. The second kappa shape index (κ2) is 4.92. The van der Waals surface area contributed by atoms with Crippen molar-refractivity contribution in [3.8, 4) is 11.5 Å². The molecular formula is C14H11BrN4O2. The summed E-state index contributed by atoms with van der Waals surface area (Å²) in [6.07, 6.45) is 1.87. The first-order valence-corrected chi connectivity index (χ1v) is 7.21. The predicted molar refractivity (Wildman–Crippen MR) is 80.6 cm³/mol. The van der Waals surface area contributed by atoms with E-state index in [4.69, 9.17) is 9.47 Å². The normalized spacial score (nSPS) is 12.8.